The Morgan fingerprint density at radius 2 is 1.62 bits per heavy atom. The minimum absolute atomic E-state index is 0.0681. The second kappa shape index (κ2) is 8.41. The Morgan fingerprint density at radius 1 is 1.08 bits per heavy atom. The highest BCUT2D eigenvalue weighted by atomic mass is 32.2. The van der Waals surface area contributed by atoms with Gasteiger partial charge in [-0.25, -0.2) is 4.31 Å². The zero-order chi connectivity index (χ0) is 19.3. The van der Waals surface area contributed by atoms with Gasteiger partial charge in [0.1, 0.15) is 10.9 Å². The van der Waals surface area contributed by atoms with E-state index in [0.717, 1.165) is 11.9 Å². The summed E-state index contributed by atoms with van der Waals surface area (Å²) in [5.41, 5.74) is 0.0117. The highest BCUT2D eigenvalue weighted by Gasteiger charge is 2.27. The largest absolute Gasteiger partial charge is 0.480 e. The van der Waals surface area contributed by atoms with Gasteiger partial charge in [-0.15, -0.1) is 0 Å². The van der Waals surface area contributed by atoms with E-state index >= 15 is 0 Å². The number of benzene rings is 2. The van der Waals surface area contributed by atoms with Crippen molar-refractivity contribution in [3.63, 3.8) is 0 Å². The van der Waals surface area contributed by atoms with Crippen LogP contribution in [0, 0.1) is 20.2 Å². The molecule has 9 nitrogen and oxygen atoms in total. The van der Waals surface area contributed by atoms with Gasteiger partial charge in [0.25, 0.3) is 11.4 Å². The van der Waals surface area contributed by atoms with Crippen molar-refractivity contribution in [1.29, 1.82) is 0 Å². The predicted molar refractivity (Wildman–Crippen MR) is 94.7 cm³/mol. The van der Waals surface area contributed by atoms with Crippen LogP contribution in [0.4, 0.5) is 11.4 Å². The Labute approximate surface area is 152 Å². The van der Waals surface area contributed by atoms with Crippen molar-refractivity contribution in [2.75, 3.05) is 0 Å². The van der Waals surface area contributed by atoms with E-state index in [1.807, 2.05) is 0 Å². The molecule has 136 valence electrons. The highest BCUT2D eigenvalue weighted by Crippen LogP contribution is 2.34. The molecule has 2 rings (SSSR count). The van der Waals surface area contributed by atoms with E-state index in [-0.39, 0.29) is 22.8 Å². The molecule has 0 saturated heterocycles. The van der Waals surface area contributed by atoms with Crippen molar-refractivity contribution < 1.29 is 19.7 Å². The van der Waals surface area contributed by atoms with Crippen molar-refractivity contribution in [1.82, 2.24) is 4.31 Å². The molecule has 0 unspecified atom stereocenters. The summed E-state index contributed by atoms with van der Waals surface area (Å²) in [5, 5.41) is 31.7. The average Bonchev–Trinajstić information content (AvgIpc) is 2.61. The fourth-order valence-corrected chi connectivity index (χ4v) is 3.25. The smallest absolute Gasteiger partial charge is 0.321 e. The third kappa shape index (κ3) is 4.55. The SMILES string of the molecule is C[C@@H](C(=O)O)N(Cc1ccccc1[N+](=O)[O-])Sc1ccccc1[N+](=O)[O-]. The molecule has 0 saturated carbocycles. The first-order valence-electron chi connectivity index (χ1n) is 7.44. The van der Waals surface area contributed by atoms with Crippen LogP contribution in [0.2, 0.25) is 0 Å². The first kappa shape index (κ1) is 19.3. The molecule has 0 spiro atoms. The third-order valence-electron chi connectivity index (χ3n) is 3.58. The van der Waals surface area contributed by atoms with E-state index in [1.165, 1.54) is 47.6 Å². The molecule has 26 heavy (non-hydrogen) atoms. The van der Waals surface area contributed by atoms with E-state index in [0.29, 0.717) is 5.56 Å². The van der Waals surface area contributed by atoms with Crippen molar-refractivity contribution in [3.8, 4) is 0 Å². The molecule has 0 radical (unpaired) electrons. The lowest BCUT2D eigenvalue weighted by Crippen LogP contribution is -2.33. The van der Waals surface area contributed by atoms with Gasteiger partial charge in [0.15, 0.2) is 0 Å². The summed E-state index contributed by atoms with van der Waals surface area (Å²) in [4.78, 5) is 32.9. The van der Waals surface area contributed by atoms with Crippen LogP contribution in [0.25, 0.3) is 0 Å². The monoisotopic (exact) mass is 377 g/mol. The fraction of sp³-hybridized carbons (Fsp3) is 0.188. The number of nitro groups is 2. The second-order valence-corrected chi connectivity index (χ2v) is 6.38. The van der Waals surface area contributed by atoms with Crippen LogP contribution in [0.5, 0.6) is 0 Å². The quantitative estimate of drug-likeness (QED) is 0.421. The topological polar surface area (TPSA) is 127 Å². The molecule has 0 fully saturated rings. The maximum atomic E-state index is 11.4. The summed E-state index contributed by atoms with van der Waals surface area (Å²) in [6.07, 6.45) is 0. The van der Waals surface area contributed by atoms with Gasteiger partial charge < -0.3 is 5.11 Å². The summed E-state index contributed by atoms with van der Waals surface area (Å²) in [6, 6.07) is 10.9. The predicted octanol–water partition coefficient (Wildman–Crippen LogP) is 3.49. The van der Waals surface area contributed by atoms with E-state index in [2.05, 4.69) is 0 Å². The van der Waals surface area contributed by atoms with E-state index < -0.39 is 21.9 Å². The first-order valence-corrected chi connectivity index (χ1v) is 8.21. The van der Waals surface area contributed by atoms with Gasteiger partial charge in [-0.1, -0.05) is 30.3 Å². The number of rotatable bonds is 8. The molecule has 0 aliphatic carbocycles. The maximum absolute atomic E-state index is 11.4. The summed E-state index contributed by atoms with van der Waals surface area (Å²) in [7, 11) is 0. The molecule has 0 bridgehead atoms. The molecule has 2 aromatic rings. The number of hydrogen-bond acceptors (Lipinski definition) is 7. The van der Waals surface area contributed by atoms with Crippen LogP contribution in [-0.4, -0.2) is 31.3 Å². The van der Waals surface area contributed by atoms with Gasteiger partial charge in [0.2, 0.25) is 0 Å². The number of nitrogens with zero attached hydrogens (tertiary/aromatic N) is 3. The van der Waals surface area contributed by atoms with E-state index in [4.69, 9.17) is 0 Å². The molecule has 1 atom stereocenters. The Balaban J connectivity index is 2.39. The number of carboxylic acids is 1. The van der Waals surface area contributed by atoms with Gasteiger partial charge in [-0.3, -0.25) is 25.0 Å². The number of carbonyl (C=O) groups is 1. The van der Waals surface area contributed by atoms with Crippen LogP contribution in [0.1, 0.15) is 12.5 Å². The summed E-state index contributed by atoms with van der Waals surface area (Å²) >= 11 is 0.884. The Bertz CT molecular complexity index is 785. The van der Waals surface area contributed by atoms with Crippen LogP contribution >= 0.6 is 11.9 Å². The molecule has 1 N–H and O–H groups in total. The molecule has 0 amide bonds. The maximum Gasteiger partial charge on any atom is 0.321 e. The minimum atomic E-state index is -1.14. The van der Waals surface area contributed by atoms with Gasteiger partial charge in [0.05, 0.1) is 9.85 Å². The van der Waals surface area contributed by atoms with Crippen molar-refractivity contribution >= 4 is 29.3 Å². The Morgan fingerprint density at radius 3 is 2.19 bits per heavy atom. The highest BCUT2D eigenvalue weighted by molar-refractivity contribution is 7.97. The van der Waals surface area contributed by atoms with Gasteiger partial charge in [0, 0.05) is 24.2 Å². The average molecular weight is 377 g/mol. The van der Waals surface area contributed by atoms with Gasteiger partial charge in [-0.05, 0) is 24.9 Å². The van der Waals surface area contributed by atoms with Crippen LogP contribution in [-0.2, 0) is 11.3 Å². The van der Waals surface area contributed by atoms with Crippen LogP contribution in [0.15, 0.2) is 53.4 Å². The summed E-state index contributed by atoms with van der Waals surface area (Å²) < 4.78 is 1.37. The zero-order valence-corrected chi connectivity index (χ0v) is 14.5. The molecular formula is C16H15N3O6S. The molecule has 0 aromatic heterocycles. The lowest BCUT2D eigenvalue weighted by atomic mass is 10.1. The number of nitro benzene ring substituents is 2. The van der Waals surface area contributed by atoms with E-state index in [1.54, 1.807) is 12.1 Å². The summed E-state index contributed by atoms with van der Waals surface area (Å²) in [6.45, 7) is 1.35. The zero-order valence-electron chi connectivity index (χ0n) is 13.6. The Hall–Kier alpha value is -2.98. The fourth-order valence-electron chi connectivity index (χ4n) is 2.17. The van der Waals surface area contributed by atoms with Gasteiger partial charge >= 0.3 is 5.97 Å². The Kier molecular flexibility index (Phi) is 6.26. The molecule has 10 heteroatoms. The first-order chi connectivity index (χ1) is 12.3. The summed E-state index contributed by atoms with van der Waals surface area (Å²) in [5.74, 6) is -1.14. The number of aliphatic carboxylic acids is 1. The van der Waals surface area contributed by atoms with Crippen molar-refractivity contribution in [2.24, 2.45) is 0 Å². The normalized spacial score (nSPS) is 11.9. The number of carboxylic acid groups (broad SMARTS) is 1. The molecular weight excluding hydrogens is 362 g/mol. The van der Waals surface area contributed by atoms with Crippen molar-refractivity contribution in [2.45, 2.75) is 24.4 Å². The van der Waals surface area contributed by atoms with Crippen molar-refractivity contribution in [3.05, 3.63) is 74.3 Å². The second-order valence-electron chi connectivity index (χ2n) is 5.29. The molecule has 0 aliphatic rings. The molecule has 2 aromatic carbocycles. The minimum Gasteiger partial charge on any atom is -0.480 e. The van der Waals surface area contributed by atoms with Gasteiger partial charge in [-0.2, -0.15) is 0 Å². The number of para-hydroxylation sites is 2. The van der Waals surface area contributed by atoms with Crippen LogP contribution < -0.4 is 0 Å². The van der Waals surface area contributed by atoms with E-state index in [9.17, 15) is 30.1 Å². The van der Waals surface area contributed by atoms with Crippen LogP contribution in [0.3, 0.4) is 0 Å². The number of hydrogen-bond donors (Lipinski definition) is 1. The molecule has 0 aliphatic heterocycles. The molecule has 0 heterocycles. The standard InChI is InChI=1S/C16H15N3O6S/c1-11(16(20)21)17(10-12-6-2-3-7-13(12)18(22)23)26-15-9-5-4-8-14(15)19(24)25/h2-9,11H,10H2,1H3,(H,20,21)/t11-/m0/s1. The lowest BCUT2D eigenvalue weighted by molar-refractivity contribution is -0.387. The lowest BCUT2D eigenvalue weighted by Gasteiger charge is -2.24. The third-order valence-corrected chi connectivity index (χ3v) is 4.80.